The van der Waals surface area contributed by atoms with E-state index in [9.17, 15) is 102 Å². The first-order valence-electron chi connectivity index (χ1n) is 38.1. The van der Waals surface area contributed by atoms with Crippen LogP contribution in [0.15, 0.2) is 54.6 Å². The highest BCUT2D eigenvalue weighted by atomic mass is 16.4. The maximum absolute atomic E-state index is 14.6. The summed E-state index contributed by atoms with van der Waals surface area (Å²) in [7, 11) is 0. The lowest BCUT2D eigenvalue weighted by molar-refractivity contribution is -0.143. The zero-order valence-corrected chi connectivity index (χ0v) is 66.0. The van der Waals surface area contributed by atoms with Crippen molar-refractivity contribution in [3.05, 3.63) is 65.7 Å². The fraction of sp³-hybridized carbons (Fsp3) is 0.600. The Labute approximate surface area is 661 Å². The molecule has 0 unspecified atom stereocenters. The quantitative estimate of drug-likeness (QED) is 0.0280. The molecule has 0 saturated carbocycles. The molecule has 0 aliphatic carbocycles. The minimum atomic E-state index is -1.91. The Hall–Kier alpha value is -11.4. The molecule has 0 radical (unpaired) electrons. The number of carboxylic acid groups (broad SMARTS) is 2. The topological polar surface area (TPSA) is 632 Å². The molecule has 1 heterocycles. The number of aliphatic carboxylic acids is 2. The molecule has 0 aromatic heterocycles. The van der Waals surface area contributed by atoms with Crippen molar-refractivity contribution in [1.82, 2.24) is 74.0 Å². The Kier molecular flexibility index (Phi) is 41.8. The van der Waals surface area contributed by atoms with Crippen LogP contribution in [0.5, 0.6) is 5.75 Å². The summed E-state index contributed by atoms with van der Waals surface area (Å²) in [6, 6.07) is -4.42. The largest absolute Gasteiger partial charge is 0.508 e. The second-order valence-electron chi connectivity index (χ2n) is 28.9. The third-order valence-corrected chi connectivity index (χ3v) is 18.8. The van der Waals surface area contributed by atoms with E-state index in [-0.39, 0.29) is 70.3 Å². The van der Waals surface area contributed by atoms with Crippen LogP contribution in [-0.2, 0) is 99.1 Å². The van der Waals surface area contributed by atoms with E-state index in [1.165, 1.54) is 32.9 Å². The van der Waals surface area contributed by atoms with Gasteiger partial charge >= 0.3 is 11.9 Å². The van der Waals surface area contributed by atoms with Gasteiger partial charge in [0.15, 0.2) is 0 Å². The Morgan fingerprint density at radius 1 is 0.465 bits per heavy atom. The average Bonchev–Trinajstić information content (AvgIpc) is 1.66. The summed E-state index contributed by atoms with van der Waals surface area (Å²) in [5, 5.41) is 61.8. The van der Waals surface area contributed by atoms with Gasteiger partial charge in [-0.15, -0.1) is 0 Å². The maximum Gasteiger partial charge on any atom is 0.303 e. The first-order chi connectivity index (χ1) is 53.7. The third kappa shape index (κ3) is 33.9. The lowest BCUT2D eigenvalue weighted by Gasteiger charge is -2.30. The lowest BCUT2D eigenvalue weighted by Crippen LogP contribution is -2.61. The number of carboxylic acids is 2. The molecule has 1 saturated heterocycles. The fourth-order valence-electron chi connectivity index (χ4n) is 12.1. The summed E-state index contributed by atoms with van der Waals surface area (Å²) in [6.07, 6.45) is -1.55. The normalized spacial score (nSPS) is 15.9. The van der Waals surface area contributed by atoms with Gasteiger partial charge < -0.3 is 112 Å². The number of hydrogen-bond donors (Lipinski definition) is 20. The zero-order chi connectivity index (χ0) is 85.6. The molecule has 0 spiro atoms. The molecular formula is C75H116N18O21. The van der Waals surface area contributed by atoms with Crippen molar-refractivity contribution in [2.24, 2.45) is 40.7 Å². The standard InChI is InChI=1S/C75H116N18O21/c1-10-41(6)62(74(113)91-61(40(4)5)72(111)86-50(28-30-58(98)99)66(105)81-42(7)63(79)102)92-64(103)43(8)82-65(104)48(21-14-16-32-76)84-57(97)38-80-71(110)55-23-18-34-93(55)75(114)51(29-31-59(100)101)87-70(109)54(37-56(78)96)88-69(108)53(35-45-19-12-11-13-20-45)89-73(112)60(39(2)3)90-67(106)49(22-15-17-33-77)85-68(107)52(83-44(9)94)36-46-24-26-47(95)27-25-46/h11-13,19-20,24-27,39-43,48-55,60-62,95H,10,14-18,21-23,28-38,76-77H2,1-9H3,(H2,78,96)(H2,79,102)(H,80,110)(H,81,105)(H,82,104)(H,83,94)(H,84,97)(H,85,107)(H,86,111)(H,87,109)(H,88,108)(H,89,112)(H,90,106)(H,91,113)(H,92,103)(H,98,99)(H,100,101)/t41-,42-,43+,48-,49-,50-,51-,52-,53-,54+,55+,60+,61+,62-/m0/s1. The molecule has 16 amide bonds. The van der Waals surface area contributed by atoms with Gasteiger partial charge in [-0.3, -0.25) is 86.3 Å². The van der Waals surface area contributed by atoms with Crippen molar-refractivity contribution in [3.8, 4) is 5.75 Å². The number of unbranched alkanes of at least 4 members (excludes halogenated alkanes) is 2. The molecule has 14 atom stereocenters. The number of nitrogens with zero attached hydrogens (tertiary/aromatic N) is 1. The first-order valence-corrected chi connectivity index (χ1v) is 38.1. The van der Waals surface area contributed by atoms with Crippen molar-refractivity contribution in [2.75, 3.05) is 26.2 Å². The van der Waals surface area contributed by atoms with Gasteiger partial charge in [0.25, 0.3) is 0 Å². The Bertz CT molecular complexity index is 3660. The zero-order valence-electron chi connectivity index (χ0n) is 66.0. The van der Waals surface area contributed by atoms with Crippen LogP contribution in [-0.4, -0.2) is 231 Å². The van der Waals surface area contributed by atoms with Crippen LogP contribution < -0.4 is 92.1 Å². The van der Waals surface area contributed by atoms with Crippen LogP contribution in [0, 0.1) is 17.8 Å². The molecule has 2 aromatic carbocycles. The number of likely N-dealkylation sites (tertiary alicyclic amines) is 1. The second-order valence-corrected chi connectivity index (χ2v) is 28.9. The van der Waals surface area contributed by atoms with E-state index in [1.54, 1.807) is 84.0 Å². The highest BCUT2D eigenvalue weighted by Crippen LogP contribution is 2.22. The van der Waals surface area contributed by atoms with Crippen molar-refractivity contribution in [2.45, 2.75) is 244 Å². The van der Waals surface area contributed by atoms with Crippen LogP contribution in [0.1, 0.15) is 163 Å². The van der Waals surface area contributed by atoms with Gasteiger partial charge in [-0.05, 0) is 132 Å². The van der Waals surface area contributed by atoms with Gasteiger partial charge in [0.1, 0.15) is 84.3 Å². The molecule has 39 nitrogen and oxygen atoms in total. The second kappa shape index (κ2) is 49.2. The number of aromatic hydroxyl groups is 1. The molecule has 1 aliphatic rings. The number of benzene rings is 2. The summed E-state index contributed by atoms with van der Waals surface area (Å²) in [5.41, 5.74) is 23.4. The summed E-state index contributed by atoms with van der Waals surface area (Å²) < 4.78 is 0. The molecule has 24 N–H and O–H groups in total. The number of carbonyl (C=O) groups excluding carboxylic acids is 16. The number of hydrogen-bond acceptors (Lipinski definition) is 21. The first kappa shape index (κ1) is 96.8. The Morgan fingerprint density at radius 2 is 0.886 bits per heavy atom. The molecular weight excluding hydrogens is 1490 g/mol. The summed E-state index contributed by atoms with van der Waals surface area (Å²) in [4.78, 5) is 244. The Balaban J connectivity index is 1.83. The maximum atomic E-state index is 14.6. The predicted molar refractivity (Wildman–Crippen MR) is 412 cm³/mol. The average molecular weight is 1610 g/mol. The van der Waals surface area contributed by atoms with Gasteiger partial charge in [0.05, 0.1) is 13.0 Å². The molecule has 1 aliphatic heterocycles. The van der Waals surface area contributed by atoms with Crippen molar-refractivity contribution in [3.63, 3.8) is 0 Å². The summed E-state index contributed by atoms with van der Waals surface area (Å²) >= 11 is 0. The van der Waals surface area contributed by atoms with Crippen molar-refractivity contribution < 1.29 is 102 Å². The van der Waals surface area contributed by atoms with Gasteiger partial charge in [-0.2, -0.15) is 0 Å². The van der Waals surface area contributed by atoms with E-state index < -0.39 is 241 Å². The molecule has 114 heavy (non-hydrogen) atoms. The summed E-state index contributed by atoms with van der Waals surface area (Å²) in [5.74, 6) is -19.2. The predicted octanol–water partition coefficient (Wildman–Crippen LogP) is -4.13. The Morgan fingerprint density at radius 3 is 1.39 bits per heavy atom. The highest BCUT2D eigenvalue weighted by Gasteiger charge is 2.42. The number of phenolic OH excluding ortho intramolecular Hbond substituents is 1. The van der Waals surface area contributed by atoms with Crippen molar-refractivity contribution >= 4 is 106 Å². The molecule has 39 heteroatoms. The number of primary amides is 2. The van der Waals surface area contributed by atoms with E-state index in [4.69, 9.17) is 22.9 Å². The summed E-state index contributed by atoms with van der Waals surface area (Å²) in [6.45, 7) is 13.0. The van der Waals surface area contributed by atoms with Gasteiger partial charge in [0.2, 0.25) is 94.5 Å². The van der Waals surface area contributed by atoms with Gasteiger partial charge in [0, 0.05) is 39.2 Å². The molecule has 0 bridgehead atoms. The van der Waals surface area contributed by atoms with E-state index in [0.29, 0.717) is 36.8 Å². The van der Waals surface area contributed by atoms with Crippen LogP contribution in [0.4, 0.5) is 0 Å². The highest BCUT2D eigenvalue weighted by molar-refractivity contribution is 6.01. The van der Waals surface area contributed by atoms with Crippen LogP contribution in [0.3, 0.4) is 0 Å². The molecule has 1 fully saturated rings. The van der Waals surface area contributed by atoms with Gasteiger partial charge in [-0.25, -0.2) is 0 Å². The third-order valence-electron chi connectivity index (χ3n) is 18.8. The minimum absolute atomic E-state index is 0.00147. The van der Waals surface area contributed by atoms with Crippen LogP contribution in [0.2, 0.25) is 0 Å². The van der Waals surface area contributed by atoms with E-state index >= 15 is 0 Å². The number of phenols is 1. The van der Waals surface area contributed by atoms with Crippen LogP contribution >= 0.6 is 0 Å². The number of amides is 16. The van der Waals surface area contributed by atoms with Crippen LogP contribution in [0.25, 0.3) is 0 Å². The smallest absolute Gasteiger partial charge is 0.303 e. The van der Waals surface area contributed by atoms with E-state index in [0.717, 1.165) is 4.90 Å². The lowest BCUT2D eigenvalue weighted by atomic mass is 9.96. The number of carbonyl (C=O) groups is 18. The molecule has 632 valence electrons. The van der Waals surface area contributed by atoms with E-state index in [2.05, 4.69) is 69.1 Å². The monoisotopic (exact) mass is 1600 g/mol. The van der Waals surface area contributed by atoms with Crippen molar-refractivity contribution in [1.29, 1.82) is 0 Å². The number of nitrogens with one attached hydrogen (secondary N) is 13. The SMILES string of the molecule is CC[C@H](C)[C@H](NC(=O)[C@@H](C)NC(=O)[C@H](CCCCN)NC(=O)CNC(=O)[C@H]1CCCN1C(=O)[C@H](CCC(=O)O)NC(=O)[C@@H](CC(N)=O)NC(=O)[C@H](Cc1ccccc1)NC(=O)[C@H](NC(=O)[C@H](CCCCN)NC(=O)[C@H](Cc1ccc(O)cc1)NC(C)=O)C(C)C)C(=O)N[C@@H](C(=O)N[C@@H](CCC(=O)O)C(=O)N[C@@H](C)C(N)=O)C(C)C. The number of rotatable bonds is 51. The number of nitrogens with two attached hydrogens (primary N) is 4. The minimum Gasteiger partial charge on any atom is -0.508 e. The fourth-order valence-corrected chi connectivity index (χ4v) is 12.1. The molecule has 3 rings (SSSR count). The van der Waals surface area contributed by atoms with Gasteiger partial charge in [-0.1, -0.05) is 90.4 Å². The van der Waals surface area contributed by atoms with E-state index in [1.807, 2.05) is 0 Å². The molecule has 2 aromatic rings.